The fraction of sp³-hybridized carbons (Fsp3) is 0.462. The van der Waals surface area contributed by atoms with Crippen LogP contribution in [0.3, 0.4) is 0 Å². The molecule has 0 fully saturated rings. The smallest absolute Gasteiger partial charge is 0.388 e. The summed E-state index contributed by atoms with van der Waals surface area (Å²) in [4.78, 5) is 0. The Morgan fingerprint density at radius 2 is 1.79 bits per heavy atom. The third kappa shape index (κ3) is 3.33. The van der Waals surface area contributed by atoms with Gasteiger partial charge < -0.3 is 18.0 Å². The Labute approximate surface area is 115 Å². The average Bonchev–Trinajstić information content (AvgIpc) is 2.44. The zero-order valence-electron chi connectivity index (χ0n) is 11.7. The molecule has 104 valence electrons. The van der Waals surface area contributed by atoms with E-state index in [1.807, 2.05) is 6.07 Å². The lowest BCUT2D eigenvalue weighted by Crippen LogP contribution is -2.56. The van der Waals surface area contributed by atoms with Gasteiger partial charge in [0.05, 0.1) is 0 Å². The normalized spacial score (nSPS) is 11.1. The number of nitriles is 1. The first-order valence-corrected chi connectivity index (χ1v) is 7.74. The molecule has 1 aromatic carbocycles. The highest BCUT2D eigenvalue weighted by atomic mass is 28.4. The third-order valence-corrected chi connectivity index (χ3v) is 5.64. The van der Waals surface area contributed by atoms with Gasteiger partial charge in [-0.1, -0.05) is 19.4 Å². The van der Waals surface area contributed by atoms with Gasteiger partial charge in [0.2, 0.25) is 0 Å². The van der Waals surface area contributed by atoms with Crippen LogP contribution in [0.1, 0.15) is 18.9 Å². The van der Waals surface area contributed by atoms with E-state index in [2.05, 4.69) is 6.92 Å². The highest BCUT2D eigenvalue weighted by molar-refractivity contribution is 6.75. The summed E-state index contributed by atoms with van der Waals surface area (Å²) in [5.74, 6) is 0.459. The average molecular weight is 281 g/mol. The molecule has 1 rings (SSSR count). The van der Waals surface area contributed by atoms with Crippen molar-refractivity contribution < 1.29 is 18.0 Å². The van der Waals surface area contributed by atoms with Crippen molar-refractivity contribution in [2.75, 3.05) is 21.3 Å². The number of rotatable bonds is 7. The molecule has 0 aliphatic heterocycles. The molecule has 0 amide bonds. The van der Waals surface area contributed by atoms with Crippen LogP contribution in [0.2, 0.25) is 0 Å². The summed E-state index contributed by atoms with van der Waals surface area (Å²) in [6.45, 7) is 2.10. The van der Waals surface area contributed by atoms with Crippen LogP contribution in [0.5, 0.6) is 5.75 Å². The molecular weight excluding hydrogens is 262 g/mol. The van der Waals surface area contributed by atoms with Crippen molar-refractivity contribution in [3.05, 3.63) is 23.8 Å². The van der Waals surface area contributed by atoms with Crippen molar-refractivity contribution in [2.45, 2.75) is 19.8 Å². The maximum Gasteiger partial charge on any atom is 0.536 e. The Morgan fingerprint density at radius 3 is 2.26 bits per heavy atom. The zero-order valence-corrected chi connectivity index (χ0v) is 12.7. The van der Waals surface area contributed by atoms with Crippen LogP contribution >= 0.6 is 0 Å². The summed E-state index contributed by atoms with van der Waals surface area (Å²) in [5.41, 5.74) is 1.09. The fourth-order valence-corrected chi connectivity index (χ4v) is 4.10. The minimum Gasteiger partial charge on any atom is -0.388 e. The summed E-state index contributed by atoms with van der Waals surface area (Å²) in [5, 5.41) is 9.45. The van der Waals surface area contributed by atoms with Crippen molar-refractivity contribution in [1.82, 2.24) is 0 Å². The van der Waals surface area contributed by atoms with Crippen molar-refractivity contribution in [2.24, 2.45) is 0 Å². The van der Waals surface area contributed by atoms with E-state index in [0.29, 0.717) is 5.75 Å². The fourth-order valence-electron chi connectivity index (χ4n) is 2.02. The number of aryl methyl sites for hydroxylation is 1. The quantitative estimate of drug-likeness (QED) is 0.561. The second-order valence-corrected chi connectivity index (χ2v) is 6.81. The first kappa shape index (κ1) is 15.7. The van der Waals surface area contributed by atoms with Crippen LogP contribution in [0.4, 0.5) is 0 Å². The molecule has 1 aromatic rings. The van der Waals surface area contributed by atoms with Gasteiger partial charge in [0.15, 0.2) is 0 Å². The minimum absolute atomic E-state index is 0.459. The van der Waals surface area contributed by atoms with Gasteiger partial charge in [0.25, 0.3) is 6.26 Å². The van der Waals surface area contributed by atoms with E-state index in [0.717, 1.165) is 23.6 Å². The van der Waals surface area contributed by atoms with Gasteiger partial charge in [0, 0.05) is 26.5 Å². The highest BCUT2D eigenvalue weighted by Gasteiger charge is 2.42. The second-order valence-electron chi connectivity index (χ2n) is 3.93. The summed E-state index contributed by atoms with van der Waals surface area (Å²) in [6, 6.07) is 5.44. The molecule has 0 aliphatic rings. The topological polar surface area (TPSA) is 60.7 Å². The van der Waals surface area contributed by atoms with Crippen molar-refractivity contribution >= 4 is 14.0 Å². The van der Waals surface area contributed by atoms with Gasteiger partial charge >= 0.3 is 8.80 Å². The van der Waals surface area contributed by atoms with Crippen LogP contribution in [-0.2, 0) is 19.7 Å². The molecule has 0 saturated carbocycles. The number of benzene rings is 1. The molecular formula is C13H19NO4Si. The van der Waals surface area contributed by atoms with Crippen LogP contribution < -0.4 is 9.92 Å². The molecule has 6 heteroatoms. The van der Waals surface area contributed by atoms with Gasteiger partial charge in [-0.05, 0) is 24.1 Å². The first-order chi connectivity index (χ1) is 9.17. The number of ether oxygens (including phenoxy) is 1. The molecule has 0 saturated heterocycles. The van der Waals surface area contributed by atoms with E-state index in [-0.39, 0.29) is 0 Å². The maximum atomic E-state index is 8.60. The van der Waals surface area contributed by atoms with E-state index in [4.69, 9.17) is 23.3 Å². The second kappa shape index (κ2) is 7.26. The zero-order chi connectivity index (χ0) is 14.3. The van der Waals surface area contributed by atoms with Crippen molar-refractivity contribution in [1.29, 1.82) is 5.26 Å². The van der Waals surface area contributed by atoms with Gasteiger partial charge in [-0.3, -0.25) is 0 Å². The summed E-state index contributed by atoms with van der Waals surface area (Å²) >= 11 is 0. The molecule has 0 bridgehead atoms. The predicted molar refractivity (Wildman–Crippen MR) is 73.1 cm³/mol. The van der Waals surface area contributed by atoms with E-state index < -0.39 is 8.80 Å². The Hall–Kier alpha value is -1.39. The van der Waals surface area contributed by atoms with Crippen LogP contribution in [0.15, 0.2) is 18.2 Å². The van der Waals surface area contributed by atoms with E-state index in [1.54, 1.807) is 39.7 Å². The van der Waals surface area contributed by atoms with Crippen LogP contribution in [0, 0.1) is 11.5 Å². The lowest BCUT2D eigenvalue weighted by molar-refractivity contribution is 0.140. The lowest BCUT2D eigenvalue weighted by atomic mass is 10.1. The molecule has 0 N–H and O–H groups in total. The van der Waals surface area contributed by atoms with Gasteiger partial charge in [0.1, 0.15) is 5.75 Å². The van der Waals surface area contributed by atoms with Crippen LogP contribution in [0.25, 0.3) is 0 Å². The van der Waals surface area contributed by atoms with Gasteiger partial charge in [-0.2, -0.15) is 0 Å². The molecule has 0 aliphatic carbocycles. The SMILES string of the molecule is CCCc1ccc(OC#N)cc1[Si](OC)(OC)OC. The largest absolute Gasteiger partial charge is 0.536 e. The number of hydrogen-bond donors (Lipinski definition) is 0. The Morgan fingerprint density at radius 1 is 1.16 bits per heavy atom. The minimum atomic E-state index is -2.93. The summed E-state index contributed by atoms with van der Waals surface area (Å²) in [7, 11) is 1.76. The molecule has 0 atom stereocenters. The summed E-state index contributed by atoms with van der Waals surface area (Å²) < 4.78 is 21.4. The molecule has 0 spiro atoms. The Kier molecular flexibility index (Phi) is 5.98. The first-order valence-electron chi connectivity index (χ1n) is 6.02. The van der Waals surface area contributed by atoms with E-state index in [1.165, 1.54) is 0 Å². The van der Waals surface area contributed by atoms with Gasteiger partial charge in [-0.25, -0.2) is 0 Å². The van der Waals surface area contributed by atoms with Crippen molar-refractivity contribution in [3.63, 3.8) is 0 Å². The molecule has 5 nitrogen and oxygen atoms in total. The molecule has 0 heterocycles. The van der Waals surface area contributed by atoms with Gasteiger partial charge in [-0.15, -0.1) is 5.26 Å². The van der Waals surface area contributed by atoms with Crippen LogP contribution in [-0.4, -0.2) is 30.1 Å². The monoisotopic (exact) mass is 281 g/mol. The lowest BCUT2D eigenvalue weighted by Gasteiger charge is -2.26. The van der Waals surface area contributed by atoms with E-state index in [9.17, 15) is 0 Å². The summed E-state index contributed by atoms with van der Waals surface area (Å²) in [6.07, 6.45) is 3.54. The highest BCUT2D eigenvalue weighted by Crippen LogP contribution is 2.17. The maximum absolute atomic E-state index is 8.60. The molecule has 0 unspecified atom stereocenters. The molecule has 0 radical (unpaired) electrons. The van der Waals surface area contributed by atoms with Crippen molar-refractivity contribution in [3.8, 4) is 12.0 Å². The third-order valence-electron chi connectivity index (χ3n) is 2.90. The molecule has 19 heavy (non-hydrogen) atoms. The Balaban J connectivity index is 3.33. The van der Waals surface area contributed by atoms with E-state index >= 15 is 0 Å². The predicted octanol–water partition coefficient (Wildman–Crippen LogP) is 1.58. The molecule has 0 aromatic heterocycles. The number of nitrogens with zero attached hydrogens (tertiary/aromatic N) is 1. The standard InChI is InChI=1S/C13H19NO4Si/c1-5-6-11-7-8-12(18-10-14)9-13(11)19(15-2,16-3)17-4/h7-9H,5-6H2,1-4H3. The Bertz CT molecular complexity index is 446. The number of hydrogen-bond acceptors (Lipinski definition) is 5.